The number of primary amides is 1. The molecule has 1 atom stereocenters. The van der Waals surface area contributed by atoms with Gasteiger partial charge in [-0.1, -0.05) is 6.07 Å². The van der Waals surface area contributed by atoms with Gasteiger partial charge in [0.05, 0.1) is 0 Å². The van der Waals surface area contributed by atoms with E-state index >= 15 is 0 Å². The SMILES string of the molecule is NC(=O)c1cccc(N2C/C(=C/C(=O)O)CCC2C(=O)Nc2ccc(N3CCCCC3=O)cc2)c1. The average Bonchev–Trinajstić information content (AvgIpc) is 2.84. The predicted octanol–water partition coefficient (Wildman–Crippen LogP) is 2.92. The minimum Gasteiger partial charge on any atom is -0.478 e. The van der Waals surface area contributed by atoms with E-state index in [0.29, 0.717) is 48.3 Å². The van der Waals surface area contributed by atoms with Crippen LogP contribution in [0.5, 0.6) is 0 Å². The summed E-state index contributed by atoms with van der Waals surface area (Å²) in [4.78, 5) is 51.9. The summed E-state index contributed by atoms with van der Waals surface area (Å²) >= 11 is 0. The van der Waals surface area contributed by atoms with Gasteiger partial charge in [0.25, 0.3) is 0 Å². The molecule has 0 bridgehead atoms. The molecule has 2 fully saturated rings. The van der Waals surface area contributed by atoms with Crippen molar-refractivity contribution in [2.24, 2.45) is 5.73 Å². The van der Waals surface area contributed by atoms with Crippen LogP contribution in [0.4, 0.5) is 17.1 Å². The third-order valence-electron chi connectivity index (χ3n) is 6.35. The maximum atomic E-state index is 13.3. The lowest BCUT2D eigenvalue weighted by Gasteiger charge is -2.38. The molecular formula is C26H28N4O5. The van der Waals surface area contributed by atoms with Crippen LogP contribution in [-0.2, 0) is 14.4 Å². The molecule has 0 radical (unpaired) electrons. The van der Waals surface area contributed by atoms with Gasteiger partial charge in [0, 0.05) is 48.2 Å². The van der Waals surface area contributed by atoms with Crippen molar-refractivity contribution in [1.29, 1.82) is 0 Å². The molecule has 35 heavy (non-hydrogen) atoms. The van der Waals surface area contributed by atoms with E-state index in [0.717, 1.165) is 18.5 Å². The Morgan fingerprint density at radius 1 is 1.03 bits per heavy atom. The minimum absolute atomic E-state index is 0.106. The number of benzene rings is 2. The summed E-state index contributed by atoms with van der Waals surface area (Å²) < 4.78 is 0. The lowest BCUT2D eigenvalue weighted by atomic mass is 9.95. The van der Waals surface area contributed by atoms with Gasteiger partial charge in [0.1, 0.15) is 6.04 Å². The zero-order valence-corrected chi connectivity index (χ0v) is 19.3. The number of carboxylic acid groups (broad SMARTS) is 1. The van der Waals surface area contributed by atoms with Gasteiger partial charge in [0.15, 0.2) is 0 Å². The Bertz CT molecular complexity index is 1170. The molecule has 0 spiro atoms. The maximum Gasteiger partial charge on any atom is 0.328 e. The Morgan fingerprint density at radius 2 is 1.80 bits per heavy atom. The normalized spacial score (nSPS) is 19.5. The van der Waals surface area contributed by atoms with E-state index in [9.17, 15) is 24.3 Å². The fourth-order valence-corrected chi connectivity index (χ4v) is 4.59. The van der Waals surface area contributed by atoms with Crippen molar-refractivity contribution >= 4 is 40.8 Å². The number of hydrogen-bond acceptors (Lipinski definition) is 5. The molecule has 0 saturated carbocycles. The first-order chi connectivity index (χ1) is 16.8. The number of anilines is 3. The van der Waals surface area contributed by atoms with Gasteiger partial charge in [-0.05, 0) is 73.7 Å². The van der Waals surface area contributed by atoms with Crippen LogP contribution in [0.1, 0.15) is 42.5 Å². The molecule has 0 aliphatic carbocycles. The van der Waals surface area contributed by atoms with Gasteiger partial charge in [-0.25, -0.2) is 4.79 Å². The van der Waals surface area contributed by atoms with Crippen LogP contribution in [0.2, 0.25) is 0 Å². The first kappa shape index (κ1) is 24.0. The summed E-state index contributed by atoms with van der Waals surface area (Å²) in [5.41, 5.74) is 8.42. The Balaban J connectivity index is 1.53. The van der Waals surface area contributed by atoms with E-state index in [1.165, 1.54) is 6.08 Å². The smallest absolute Gasteiger partial charge is 0.328 e. The Kier molecular flexibility index (Phi) is 7.14. The third-order valence-corrected chi connectivity index (χ3v) is 6.35. The zero-order valence-electron chi connectivity index (χ0n) is 19.3. The molecule has 4 rings (SSSR count). The molecule has 4 N–H and O–H groups in total. The van der Waals surface area contributed by atoms with Crippen molar-refractivity contribution in [3.63, 3.8) is 0 Å². The van der Waals surface area contributed by atoms with E-state index in [-0.39, 0.29) is 18.4 Å². The number of nitrogens with one attached hydrogen (secondary N) is 1. The second-order valence-electron chi connectivity index (χ2n) is 8.78. The fourth-order valence-electron chi connectivity index (χ4n) is 4.59. The second kappa shape index (κ2) is 10.4. The molecule has 2 aromatic rings. The van der Waals surface area contributed by atoms with Gasteiger partial charge in [-0.15, -0.1) is 0 Å². The molecule has 182 valence electrons. The van der Waals surface area contributed by atoms with Crippen LogP contribution < -0.4 is 20.9 Å². The van der Waals surface area contributed by atoms with E-state index in [2.05, 4.69) is 5.32 Å². The van der Waals surface area contributed by atoms with Crippen molar-refractivity contribution in [1.82, 2.24) is 0 Å². The molecule has 2 heterocycles. The fraction of sp³-hybridized carbons (Fsp3) is 0.308. The monoisotopic (exact) mass is 476 g/mol. The molecule has 2 aliphatic rings. The Labute approximate surface area is 203 Å². The molecule has 0 aromatic heterocycles. The van der Waals surface area contributed by atoms with Gasteiger partial charge in [-0.3, -0.25) is 14.4 Å². The summed E-state index contributed by atoms with van der Waals surface area (Å²) in [6, 6.07) is 13.2. The van der Waals surface area contributed by atoms with Crippen LogP contribution in [0.3, 0.4) is 0 Å². The van der Waals surface area contributed by atoms with Gasteiger partial charge < -0.3 is 26.0 Å². The Morgan fingerprint density at radius 3 is 2.49 bits per heavy atom. The molecule has 9 heteroatoms. The van der Waals surface area contributed by atoms with Crippen LogP contribution in [-0.4, -0.2) is 47.9 Å². The van der Waals surface area contributed by atoms with Crippen molar-refractivity contribution < 1.29 is 24.3 Å². The summed E-state index contributed by atoms with van der Waals surface area (Å²) in [6.45, 7) is 0.931. The first-order valence-corrected chi connectivity index (χ1v) is 11.6. The number of piperidine rings is 2. The molecule has 2 aliphatic heterocycles. The van der Waals surface area contributed by atoms with E-state index in [1.807, 2.05) is 12.1 Å². The lowest BCUT2D eigenvalue weighted by molar-refractivity contribution is -0.131. The number of aliphatic carboxylic acids is 1. The molecular weight excluding hydrogens is 448 g/mol. The maximum absolute atomic E-state index is 13.3. The van der Waals surface area contributed by atoms with Crippen LogP contribution >= 0.6 is 0 Å². The number of carbonyl (C=O) groups is 4. The number of amides is 3. The van der Waals surface area contributed by atoms with Crippen LogP contribution in [0.15, 0.2) is 60.2 Å². The van der Waals surface area contributed by atoms with Crippen molar-refractivity contribution in [3.05, 3.63) is 65.7 Å². The van der Waals surface area contributed by atoms with E-state index in [1.54, 1.807) is 46.2 Å². The summed E-state index contributed by atoms with van der Waals surface area (Å²) in [5, 5.41) is 12.1. The zero-order chi connectivity index (χ0) is 24.9. The average molecular weight is 477 g/mol. The summed E-state index contributed by atoms with van der Waals surface area (Å²) in [7, 11) is 0. The molecule has 2 saturated heterocycles. The highest BCUT2D eigenvalue weighted by atomic mass is 16.4. The topological polar surface area (TPSA) is 133 Å². The van der Waals surface area contributed by atoms with Gasteiger partial charge in [0.2, 0.25) is 17.7 Å². The molecule has 9 nitrogen and oxygen atoms in total. The van der Waals surface area contributed by atoms with E-state index < -0.39 is 17.9 Å². The summed E-state index contributed by atoms with van der Waals surface area (Å²) in [5.74, 6) is -1.76. The van der Waals surface area contributed by atoms with Gasteiger partial charge in [-0.2, -0.15) is 0 Å². The van der Waals surface area contributed by atoms with E-state index in [4.69, 9.17) is 5.73 Å². The highest BCUT2D eigenvalue weighted by molar-refractivity contribution is 5.99. The standard InChI is InChI=1S/C26H28N4O5/c27-25(34)18-4-3-5-21(15-18)30-16-17(14-24(32)33)7-12-22(30)26(35)28-19-8-10-20(11-9-19)29-13-2-1-6-23(29)31/h3-5,8-11,14-15,22H,1-2,6-7,12-13,16H2,(H2,27,34)(H,28,35)(H,32,33)/b17-14+. The number of nitrogens with two attached hydrogens (primary N) is 1. The van der Waals surface area contributed by atoms with Crippen LogP contribution in [0, 0.1) is 0 Å². The highest BCUT2D eigenvalue weighted by Crippen LogP contribution is 2.30. The Hall–Kier alpha value is -4.14. The number of hydrogen-bond donors (Lipinski definition) is 3. The van der Waals surface area contributed by atoms with Gasteiger partial charge >= 0.3 is 5.97 Å². The molecule has 1 unspecified atom stereocenters. The van der Waals surface area contributed by atoms with Crippen LogP contribution in [0.25, 0.3) is 0 Å². The minimum atomic E-state index is -1.04. The van der Waals surface area contributed by atoms with Crippen molar-refractivity contribution in [2.45, 2.75) is 38.1 Å². The molecule has 2 aromatic carbocycles. The number of carbonyl (C=O) groups excluding carboxylic acids is 3. The summed E-state index contributed by atoms with van der Waals surface area (Å²) in [6.07, 6.45) is 4.47. The number of nitrogens with zero attached hydrogens (tertiary/aromatic N) is 2. The highest BCUT2D eigenvalue weighted by Gasteiger charge is 2.31. The third kappa shape index (κ3) is 5.68. The number of rotatable bonds is 6. The second-order valence-corrected chi connectivity index (χ2v) is 8.78. The lowest BCUT2D eigenvalue weighted by Crippen LogP contribution is -2.48. The van der Waals surface area contributed by atoms with Crippen molar-refractivity contribution in [2.75, 3.05) is 28.2 Å². The number of carboxylic acids is 1. The largest absolute Gasteiger partial charge is 0.478 e. The van der Waals surface area contributed by atoms with Crippen molar-refractivity contribution in [3.8, 4) is 0 Å². The predicted molar refractivity (Wildman–Crippen MR) is 132 cm³/mol. The quantitative estimate of drug-likeness (QED) is 0.549. The molecule has 3 amide bonds. The first-order valence-electron chi connectivity index (χ1n) is 11.6.